The SMILES string of the molecule is CC[C@@H](Oc1ccc([C@H]2CCN(C)c3cc4c(cc3O2)CN(CC2CC2)[C@H](C(=O)OC)C4)cc1)c1ccc(Cl)c(Cl)c1. The normalized spacial score (nSPS) is 21.0. The van der Waals surface area contributed by atoms with Gasteiger partial charge in [-0.05, 0) is 90.3 Å². The monoisotopic (exact) mass is 608 g/mol. The first-order valence-electron chi connectivity index (χ1n) is 14.9. The maximum Gasteiger partial charge on any atom is 0.323 e. The summed E-state index contributed by atoms with van der Waals surface area (Å²) in [7, 11) is 3.60. The molecule has 2 heterocycles. The van der Waals surface area contributed by atoms with Crippen molar-refractivity contribution in [3.05, 3.63) is 86.9 Å². The Morgan fingerprint density at radius 3 is 2.50 bits per heavy atom. The molecule has 0 unspecified atom stereocenters. The number of hydrogen-bond donors (Lipinski definition) is 0. The van der Waals surface area contributed by atoms with Crippen LogP contribution in [0.3, 0.4) is 0 Å². The van der Waals surface area contributed by atoms with E-state index in [1.807, 2.05) is 30.3 Å². The fraction of sp³-hybridized carbons (Fsp3) is 0.441. The molecule has 3 atom stereocenters. The third-order valence-corrected chi connectivity index (χ3v) is 9.53. The van der Waals surface area contributed by atoms with E-state index in [4.69, 9.17) is 37.4 Å². The highest BCUT2D eigenvalue weighted by molar-refractivity contribution is 6.42. The third-order valence-electron chi connectivity index (χ3n) is 8.80. The van der Waals surface area contributed by atoms with Crippen LogP contribution < -0.4 is 14.4 Å². The molecule has 3 aliphatic rings. The Kier molecular flexibility index (Phi) is 8.58. The van der Waals surface area contributed by atoms with Crippen LogP contribution in [0.1, 0.15) is 67.1 Å². The molecule has 1 fully saturated rings. The van der Waals surface area contributed by atoms with Crippen LogP contribution in [-0.4, -0.2) is 44.2 Å². The van der Waals surface area contributed by atoms with Gasteiger partial charge in [0.2, 0.25) is 0 Å². The Labute approximate surface area is 258 Å². The fourth-order valence-corrected chi connectivity index (χ4v) is 6.45. The predicted octanol–water partition coefficient (Wildman–Crippen LogP) is 7.79. The highest BCUT2D eigenvalue weighted by Gasteiger charge is 2.37. The Bertz CT molecular complexity index is 1440. The number of esters is 1. The van der Waals surface area contributed by atoms with Gasteiger partial charge in [0.15, 0.2) is 0 Å². The highest BCUT2D eigenvalue weighted by Crippen LogP contribution is 2.42. The minimum Gasteiger partial charge on any atom is -0.486 e. The number of benzene rings is 3. The molecule has 8 heteroatoms. The van der Waals surface area contributed by atoms with Crippen LogP contribution in [-0.2, 0) is 22.5 Å². The van der Waals surface area contributed by atoms with E-state index in [1.165, 1.54) is 31.1 Å². The van der Waals surface area contributed by atoms with Crippen molar-refractivity contribution in [1.29, 1.82) is 0 Å². The summed E-state index contributed by atoms with van der Waals surface area (Å²) < 4.78 is 18.2. The third kappa shape index (κ3) is 6.22. The number of hydrogen-bond acceptors (Lipinski definition) is 6. The van der Waals surface area contributed by atoms with E-state index in [2.05, 4.69) is 48.0 Å². The fourth-order valence-electron chi connectivity index (χ4n) is 6.15. The number of ether oxygens (including phenoxy) is 3. The van der Waals surface area contributed by atoms with E-state index in [0.29, 0.717) is 22.4 Å². The second-order valence-corrected chi connectivity index (χ2v) is 12.6. The smallest absolute Gasteiger partial charge is 0.323 e. The summed E-state index contributed by atoms with van der Waals surface area (Å²) in [5, 5.41) is 1.07. The van der Waals surface area contributed by atoms with Gasteiger partial charge in [-0.2, -0.15) is 0 Å². The molecule has 42 heavy (non-hydrogen) atoms. The summed E-state index contributed by atoms with van der Waals surface area (Å²) in [6, 6.07) is 18.1. The average molecular weight is 610 g/mol. The molecule has 2 aliphatic heterocycles. The zero-order valence-corrected chi connectivity index (χ0v) is 26.0. The van der Waals surface area contributed by atoms with Crippen molar-refractivity contribution < 1.29 is 19.0 Å². The molecule has 1 aliphatic carbocycles. The standard InChI is InChI=1S/C34H38Cl2N2O4/c1-4-31(23-9-12-27(35)28(36)15-23)41-26-10-7-22(8-11-26)32-13-14-37(2)29-16-24-17-30(34(39)40-3)38(19-21-5-6-21)20-25(24)18-33(29)42-32/h7-12,15-16,18,21,30-32H,4-6,13-14,17,19-20H2,1-3H3/t30-,31+,32+/m0/s1. The van der Waals surface area contributed by atoms with Crippen LogP contribution in [0.4, 0.5) is 5.69 Å². The molecular weight excluding hydrogens is 571 g/mol. The first-order valence-corrected chi connectivity index (χ1v) is 15.7. The summed E-state index contributed by atoms with van der Waals surface area (Å²) in [6.07, 6.45) is 4.62. The van der Waals surface area contributed by atoms with Crippen molar-refractivity contribution in [2.24, 2.45) is 5.92 Å². The van der Waals surface area contributed by atoms with Gasteiger partial charge in [0, 0.05) is 33.1 Å². The molecule has 0 N–H and O–H groups in total. The largest absolute Gasteiger partial charge is 0.486 e. The average Bonchev–Trinajstić information content (AvgIpc) is 3.84. The number of nitrogens with zero attached hydrogens (tertiary/aromatic N) is 2. The van der Waals surface area contributed by atoms with Crippen LogP contribution in [0, 0.1) is 5.92 Å². The van der Waals surface area contributed by atoms with Crippen molar-refractivity contribution >= 4 is 34.9 Å². The van der Waals surface area contributed by atoms with Gasteiger partial charge in [-0.1, -0.05) is 48.3 Å². The molecule has 0 spiro atoms. The van der Waals surface area contributed by atoms with Crippen molar-refractivity contribution in [1.82, 2.24) is 4.90 Å². The number of anilines is 1. The van der Waals surface area contributed by atoms with Crippen LogP contribution in [0.2, 0.25) is 10.0 Å². The summed E-state index contributed by atoms with van der Waals surface area (Å²) in [4.78, 5) is 17.2. The lowest BCUT2D eigenvalue weighted by Gasteiger charge is -2.36. The van der Waals surface area contributed by atoms with Crippen LogP contribution >= 0.6 is 23.2 Å². The molecule has 0 bridgehead atoms. The van der Waals surface area contributed by atoms with Gasteiger partial charge in [-0.15, -0.1) is 0 Å². The second kappa shape index (κ2) is 12.4. The minimum absolute atomic E-state index is 0.0770. The van der Waals surface area contributed by atoms with Gasteiger partial charge in [-0.25, -0.2) is 0 Å². The number of halogens is 2. The molecule has 6 nitrogen and oxygen atoms in total. The Hall–Kier alpha value is -2.93. The van der Waals surface area contributed by atoms with E-state index in [0.717, 1.165) is 60.8 Å². The number of carbonyl (C=O) groups excluding carboxylic acids is 1. The molecular formula is C34H38Cl2N2O4. The van der Waals surface area contributed by atoms with Crippen LogP contribution in [0.25, 0.3) is 0 Å². The minimum atomic E-state index is -0.226. The van der Waals surface area contributed by atoms with Gasteiger partial charge in [-0.3, -0.25) is 9.69 Å². The van der Waals surface area contributed by atoms with E-state index < -0.39 is 0 Å². The lowest BCUT2D eigenvalue weighted by molar-refractivity contribution is -0.147. The summed E-state index contributed by atoms with van der Waals surface area (Å²) in [5.74, 6) is 2.24. The van der Waals surface area contributed by atoms with E-state index in [9.17, 15) is 4.79 Å². The van der Waals surface area contributed by atoms with Crippen molar-refractivity contribution in [3.8, 4) is 11.5 Å². The molecule has 0 radical (unpaired) electrons. The molecule has 1 saturated carbocycles. The summed E-state index contributed by atoms with van der Waals surface area (Å²) in [6.45, 7) is 4.63. The van der Waals surface area contributed by atoms with Crippen molar-refractivity contribution in [2.45, 2.75) is 63.8 Å². The molecule has 6 rings (SSSR count). The molecule has 3 aromatic carbocycles. The number of methoxy groups -OCH3 is 1. The number of carbonyl (C=O) groups is 1. The molecule has 0 amide bonds. The second-order valence-electron chi connectivity index (χ2n) is 11.8. The Balaban J connectivity index is 1.20. The molecule has 0 aromatic heterocycles. The molecule has 3 aromatic rings. The predicted molar refractivity (Wildman–Crippen MR) is 167 cm³/mol. The Morgan fingerprint density at radius 1 is 1.02 bits per heavy atom. The molecule has 222 valence electrons. The van der Waals surface area contributed by atoms with Crippen molar-refractivity contribution in [3.63, 3.8) is 0 Å². The Morgan fingerprint density at radius 2 is 1.81 bits per heavy atom. The van der Waals surface area contributed by atoms with Crippen LogP contribution in [0.5, 0.6) is 11.5 Å². The number of fused-ring (bicyclic) bond motifs is 2. The van der Waals surface area contributed by atoms with E-state index in [1.54, 1.807) is 0 Å². The van der Waals surface area contributed by atoms with Gasteiger partial charge in [0.25, 0.3) is 0 Å². The summed E-state index contributed by atoms with van der Waals surface area (Å²) >= 11 is 12.4. The van der Waals surface area contributed by atoms with E-state index in [-0.39, 0.29) is 24.2 Å². The topological polar surface area (TPSA) is 51.2 Å². The van der Waals surface area contributed by atoms with Crippen LogP contribution in [0.15, 0.2) is 54.6 Å². The zero-order chi connectivity index (χ0) is 29.4. The zero-order valence-electron chi connectivity index (χ0n) is 24.4. The lowest BCUT2D eigenvalue weighted by atomic mass is 9.92. The molecule has 0 saturated heterocycles. The quantitative estimate of drug-likeness (QED) is 0.243. The van der Waals surface area contributed by atoms with Gasteiger partial charge in [0.1, 0.15) is 29.7 Å². The van der Waals surface area contributed by atoms with Crippen molar-refractivity contribution in [2.75, 3.05) is 32.1 Å². The van der Waals surface area contributed by atoms with Gasteiger partial charge in [0.05, 0.1) is 22.8 Å². The first-order chi connectivity index (χ1) is 20.3. The van der Waals surface area contributed by atoms with E-state index >= 15 is 0 Å². The first kappa shape index (κ1) is 29.2. The maximum absolute atomic E-state index is 12.7. The summed E-state index contributed by atoms with van der Waals surface area (Å²) in [5.41, 5.74) is 5.63. The lowest BCUT2D eigenvalue weighted by Crippen LogP contribution is -2.47. The number of rotatable bonds is 8. The van der Waals surface area contributed by atoms with Gasteiger partial charge >= 0.3 is 5.97 Å². The highest BCUT2D eigenvalue weighted by atomic mass is 35.5. The maximum atomic E-state index is 12.7. The van der Waals surface area contributed by atoms with Gasteiger partial charge < -0.3 is 19.1 Å².